The summed E-state index contributed by atoms with van der Waals surface area (Å²) in [6, 6.07) is 6.34. The van der Waals surface area contributed by atoms with Crippen molar-refractivity contribution in [2.24, 2.45) is 16.3 Å². The quantitative estimate of drug-likeness (QED) is 0.708. The molecule has 4 nitrogen and oxygen atoms in total. The first-order valence-corrected chi connectivity index (χ1v) is 10.8. The molecule has 0 aromatic heterocycles. The second-order valence-corrected chi connectivity index (χ2v) is 12.1. The third-order valence-corrected chi connectivity index (χ3v) is 8.82. The minimum atomic E-state index is -0.634. The molecule has 0 spiro atoms. The molecule has 0 amide bonds. The summed E-state index contributed by atoms with van der Waals surface area (Å²) in [5.41, 5.74) is -0.299. The molecule has 2 unspecified atom stereocenters. The summed E-state index contributed by atoms with van der Waals surface area (Å²) < 4.78 is 18.3. The summed E-state index contributed by atoms with van der Waals surface area (Å²) in [7, 11) is 1.10. The standard InChI is InChI=1S/C21H32NO3P/c1-13(2)14-12-24-18(22-14)21(6,7)19-25-16-11-9-10-15(23-8)17(16)26(19)20(3,4)5/h9-11,13-14,19H,12H2,1-8H3/t14?,19?,26-/m1/s1. The molecule has 0 aliphatic carbocycles. The van der Waals surface area contributed by atoms with Gasteiger partial charge < -0.3 is 14.2 Å². The van der Waals surface area contributed by atoms with Crippen LogP contribution in [0.1, 0.15) is 48.5 Å². The summed E-state index contributed by atoms with van der Waals surface area (Å²) in [4.78, 5) is 4.92. The topological polar surface area (TPSA) is 40.0 Å². The third-order valence-electron chi connectivity index (χ3n) is 5.23. The Balaban J connectivity index is 2.03. The van der Waals surface area contributed by atoms with Gasteiger partial charge in [-0.15, -0.1) is 0 Å². The number of methoxy groups -OCH3 is 1. The van der Waals surface area contributed by atoms with E-state index in [0.29, 0.717) is 12.5 Å². The molecule has 1 aromatic rings. The number of benzene rings is 1. The maximum absolute atomic E-state index is 6.55. The third kappa shape index (κ3) is 3.22. The van der Waals surface area contributed by atoms with Crippen LogP contribution >= 0.6 is 7.92 Å². The highest BCUT2D eigenvalue weighted by atomic mass is 31.1. The van der Waals surface area contributed by atoms with Gasteiger partial charge in [-0.3, -0.25) is 0 Å². The average Bonchev–Trinajstić information content (AvgIpc) is 3.19. The molecule has 3 rings (SSSR count). The number of ether oxygens (including phenoxy) is 3. The van der Waals surface area contributed by atoms with Gasteiger partial charge in [0.05, 0.1) is 23.9 Å². The number of hydrogen-bond donors (Lipinski definition) is 0. The molecular weight excluding hydrogens is 345 g/mol. The lowest BCUT2D eigenvalue weighted by molar-refractivity contribution is 0.172. The minimum Gasteiger partial charge on any atom is -0.496 e. The van der Waals surface area contributed by atoms with E-state index in [0.717, 1.165) is 17.4 Å². The number of hydrogen-bond acceptors (Lipinski definition) is 4. The summed E-state index contributed by atoms with van der Waals surface area (Å²) in [5.74, 6) is 3.20. The lowest BCUT2D eigenvalue weighted by atomic mass is 9.94. The first-order chi connectivity index (χ1) is 12.1. The molecule has 0 radical (unpaired) electrons. The van der Waals surface area contributed by atoms with Crippen LogP contribution in [0.5, 0.6) is 11.5 Å². The van der Waals surface area contributed by atoms with Crippen LogP contribution < -0.4 is 14.8 Å². The molecule has 1 aromatic carbocycles. The Bertz CT molecular complexity index is 706. The monoisotopic (exact) mass is 377 g/mol. The highest BCUT2D eigenvalue weighted by molar-refractivity contribution is 7.68. The van der Waals surface area contributed by atoms with Crippen LogP contribution in [0.2, 0.25) is 0 Å². The van der Waals surface area contributed by atoms with E-state index >= 15 is 0 Å². The molecule has 0 N–H and O–H groups in total. The molecule has 26 heavy (non-hydrogen) atoms. The highest BCUT2D eigenvalue weighted by Gasteiger charge is 2.53. The Kier molecular flexibility index (Phi) is 5.03. The highest BCUT2D eigenvalue weighted by Crippen LogP contribution is 2.64. The summed E-state index contributed by atoms with van der Waals surface area (Å²) in [6.45, 7) is 16.4. The van der Waals surface area contributed by atoms with Gasteiger partial charge in [-0.1, -0.05) is 40.7 Å². The predicted octanol–water partition coefficient (Wildman–Crippen LogP) is 4.80. The molecule has 0 saturated heterocycles. The van der Waals surface area contributed by atoms with E-state index in [1.54, 1.807) is 7.11 Å². The largest absolute Gasteiger partial charge is 0.496 e. The van der Waals surface area contributed by atoms with Gasteiger partial charge in [0.15, 0.2) is 5.90 Å². The van der Waals surface area contributed by atoms with Gasteiger partial charge >= 0.3 is 0 Å². The fourth-order valence-corrected chi connectivity index (χ4v) is 6.99. The van der Waals surface area contributed by atoms with E-state index in [1.807, 2.05) is 12.1 Å². The van der Waals surface area contributed by atoms with Crippen LogP contribution in [0.25, 0.3) is 0 Å². The fraction of sp³-hybridized carbons (Fsp3) is 0.667. The van der Waals surface area contributed by atoms with Gasteiger partial charge in [0.2, 0.25) is 0 Å². The SMILES string of the molecule is COc1cccc2c1[P@@](C(C)(C)C)C(C(C)(C)C1=NC(C(C)C)CO1)O2. The smallest absolute Gasteiger partial charge is 0.193 e. The van der Waals surface area contributed by atoms with Crippen LogP contribution in [-0.4, -0.2) is 36.7 Å². The van der Waals surface area contributed by atoms with Gasteiger partial charge in [-0.25, -0.2) is 4.99 Å². The predicted molar refractivity (Wildman–Crippen MR) is 110 cm³/mol. The van der Waals surface area contributed by atoms with Crippen molar-refractivity contribution in [2.45, 2.75) is 65.5 Å². The first kappa shape index (κ1) is 19.5. The molecule has 0 saturated carbocycles. The van der Waals surface area contributed by atoms with Crippen molar-refractivity contribution in [3.63, 3.8) is 0 Å². The van der Waals surface area contributed by atoms with Crippen molar-refractivity contribution in [1.82, 2.24) is 0 Å². The minimum absolute atomic E-state index is 0.00784. The van der Waals surface area contributed by atoms with Crippen molar-refractivity contribution in [3.05, 3.63) is 18.2 Å². The van der Waals surface area contributed by atoms with Gasteiger partial charge in [0, 0.05) is 0 Å². The zero-order chi connectivity index (χ0) is 19.3. The molecule has 5 heteroatoms. The molecular formula is C21H32NO3P. The molecule has 2 aliphatic rings. The molecule has 2 aliphatic heterocycles. The second kappa shape index (κ2) is 6.71. The van der Waals surface area contributed by atoms with Crippen LogP contribution in [-0.2, 0) is 4.74 Å². The second-order valence-electron chi connectivity index (χ2n) is 9.10. The molecule has 0 bridgehead atoms. The summed E-state index contributed by atoms with van der Waals surface area (Å²) >= 11 is 0. The average molecular weight is 377 g/mol. The van der Waals surface area contributed by atoms with E-state index in [4.69, 9.17) is 19.2 Å². The Morgan fingerprint density at radius 3 is 2.42 bits per heavy atom. The maximum Gasteiger partial charge on any atom is 0.193 e. The van der Waals surface area contributed by atoms with E-state index < -0.39 is 7.92 Å². The van der Waals surface area contributed by atoms with Crippen molar-refractivity contribution >= 4 is 19.1 Å². The Hall–Kier alpha value is -1.28. The van der Waals surface area contributed by atoms with Crippen LogP contribution in [0.4, 0.5) is 0 Å². The Labute approximate surface area is 159 Å². The van der Waals surface area contributed by atoms with Crippen molar-refractivity contribution in [2.75, 3.05) is 13.7 Å². The number of nitrogens with zero attached hydrogens (tertiary/aromatic N) is 1. The maximum atomic E-state index is 6.55. The van der Waals surface area contributed by atoms with Gasteiger partial charge in [-0.05, 0) is 45.0 Å². The summed E-state index contributed by atoms with van der Waals surface area (Å²) in [5, 5.41) is 1.31. The van der Waals surface area contributed by atoms with Gasteiger partial charge in [0.1, 0.15) is 24.0 Å². The van der Waals surface area contributed by atoms with Gasteiger partial charge in [-0.2, -0.15) is 0 Å². The van der Waals surface area contributed by atoms with E-state index in [1.165, 1.54) is 5.30 Å². The lowest BCUT2D eigenvalue weighted by Crippen LogP contribution is -2.41. The fourth-order valence-electron chi connectivity index (χ4n) is 3.64. The van der Waals surface area contributed by atoms with Crippen LogP contribution in [0.3, 0.4) is 0 Å². The van der Waals surface area contributed by atoms with Crippen molar-refractivity contribution < 1.29 is 14.2 Å². The molecule has 144 valence electrons. The zero-order valence-electron chi connectivity index (χ0n) is 17.3. The normalized spacial score (nSPS) is 25.6. The lowest BCUT2D eigenvalue weighted by Gasteiger charge is -2.39. The first-order valence-electron chi connectivity index (χ1n) is 9.41. The van der Waals surface area contributed by atoms with Crippen molar-refractivity contribution in [3.8, 4) is 11.5 Å². The zero-order valence-corrected chi connectivity index (χ0v) is 18.2. The summed E-state index contributed by atoms with van der Waals surface area (Å²) in [6.07, 6.45) is 0. The Morgan fingerprint density at radius 1 is 1.19 bits per heavy atom. The number of rotatable bonds is 4. The Morgan fingerprint density at radius 2 is 1.88 bits per heavy atom. The van der Waals surface area contributed by atoms with E-state index in [2.05, 4.69) is 54.5 Å². The number of fused-ring (bicyclic) bond motifs is 1. The molecule has 0 fully saturated rings. The molecule has 3 atom stereocenters. The number of aliphatic imine (C=N–C) groups is 1. The van der Waals surface area contributed by atoms with E-state index in [9.17, 15) is 0 Å². The molecule has 2 heterocycles. The van der Waals surface area contributed by atoms with E-state index in [-0.39, 0.29) is 22.5 Å². The van der Waals surface area contributed by atoms with Crippen molar-refractivity contribution in [1.29, 1.82) is 0 Å². The van der Waals surface area contributed by atoms with Crippen LogP contribution in [0, 0.1) is 11.3 Å². The van der Waals surface area contributed by atoms with Gasteiger partial charge in [0.25, 0.3) is 0 Å². The van der Waals surface area contributed by atoms with Crippen LogP contribution in [0.15, 0.2) is 23.2 Å².